The summed E-state index contributed by atoms with van der Waals surface area (Å²) in [6, 6.07) is 10.4. The third-order valence-electron chi connectivity index (χ3n) is 3.48. The van der Waals surface area contributed by atoms with Crippen LogP contribution >= 0.6 is 0 Å². The van der Waals surface area contributed by atoms with E-state index in [4.69, 9.17) is 9.47 Å². The van der Waals surface area contributed by atoms with Crippen molar-refractivity contribution in [1.82, 2.24) is 0 Å². The molecule has 0 aliphatic carbocycles. The van der Waals surface area contributed by atoms with Crippen LogP contribution in [0.1, 0.15) is 24.1 Å². The second-order valence-corrected chi connectivity index (χ2v) is 4.93. The summed E-state index contributed by atoms with van der Waals surface area (Å²) < 4.78 is 24.0. The Bertz CT molecular complexity index is 628. The molecule has 1 unspecified atom stereocenters. The normalized spacial score (nSPS) is 11.9. The number of anilines is 1. The molecule has 1 atom stereocenters. The highest BCUT2D eigenvalue weighted by Crippen LogP contribution is 2.32. The molecule has 0 saturated carbocycles. The number of ether oxygens (including phenoxy) is 2. The third kappa shape index (κ3) is 3.45. The zero-order valence-corrected chi connectivity index (χ0v) is 12.7. The van der Waals surface area contributed by atoms with E-state index in [1.807, 2.05) is 32.0 Å². The van der Waals surface area contributed by atoms with Gasteiger partial charge in [-0.25, -0.2) is 4.39 Å². The quantitative estimate of drug-likeness (QED) is 0.889. The molecule has 0 spiro atoms. The Morgan fingerprint density at radius 3 is 2.48 bits per heavy atom. The number of rotatable bonds is 5. The maximum Gasteiger partial charge on any atom is 0.127 e. The largest absolute Gasteiger partial charge is 0.497 e. The SMILES string of the molecule is COc1ccc(C(C)Nc2cc(F)ccc2C)c(OC)c1. The van der Waals surface area contributed by atoms with Gasteiger partial charge in [0, 0.05) is 17.3 Å². The van der Waals surface area contributed by atoms with Gasteiger partial charge in [-0.05, 0) is 43.7 Å². The van der Waals surface area contributed by atoms with Crippen molar-refractivity contribution in [3.8, 4) is 11.5 Å². The van der Waals surface area contributed by atoms with E-state index in [1.54, 1.807) is 20.3 Å². The van der Waals surface area contributed by atoms with Crippen molar-refractivity contribution in [2.24, 2.45) is 0 Å². The van der Waals surface area contributed by atoms with Crippen molar-refractivity contribution >= 4 is 5.69 Å². The van der Waals surface area contributed by atoms with Crippen LogP contribution in [-0.2, 0) is 0 Å². The van der Waals surface area contributed by atoms with Gasteiger partial charge in [-0.15, -0.1) is 0 Å². The first kappa shape index (κ1) is 15.2. The molecule has 2 rings (SSSR count). The molecule has 112 valence electrons. The van der Waals surface area contributed by atoms with Crippen LogP contribution in [0.4, 0.5) is 10.1 Å². The van der Waals surface area contributed by atoms with Crippen LogP contribution in [0.2, 0.25) is 0 Å². The molecular weight excluding hydrogens is 269 g/mol. The van der Waals surface area contributed by atoms with Gasteiger partial charge in [0.15, 0.2) is 0 Å². The monoisotopic (exact) mass is 289 g/mol. The first-order chi connectivity index (χ1) is 10.0. The molecule has 0 fully saturated rings. The second kappa shape index (κ2) is 6.48. The van der Waals surface area contributed by atoms with Crippen LogP contribution in [0.3, 0.4) is 0 Å². The fourth-order valence-corrected chi connectivity index (χ4v) is 2.24. The van der Waals surface area contributed by atoms with Crippen molar-refractivity contribution in [2.45, 2.75) is 19.9 Å². The molecule has 0 amide bonds. The molecule has 3 nitrogen and oxygen atoms in total. The van der Waals surface area contributed by atoms with Gasteiger partial charge in [-0.3, -0.25) is 0 Å². The van der Waals surface area contributed by atoms with Crippen molar-refractivity contribution < 1.29 is 13.9 Å². The number of hydrogen-bond donors (Lipinski definition) is 1. The summed E-state index contributed by atoms with van der Waals surface area (Å²) in [4.78, 5) is 0. The van der Waals surface area contributed by atoms with Crippen LogP contribution in [-0.4, -0.2) is 14.2 Å². The number of benzene rings is 2. The number of hydrogen-bond acceptors (Lipinski definition) is 3. The average molecular weight is 289 g/mol. The average Bonchev–Trinajstić information content (AvgIpc) is 2.50. The highest BCUT2D eigenvalue weighted by Gasteiger charge is 2.13. The Balaban J connectivity index is 2.27. The van der Waals surface area contributed by atoms with Crippen molar-refractivity contribution in [2.75, 3.05) is 19.5 Å². The van der Waals surface area contributed by atoms with E-state index in [1.165, 1.54) is 12.1 Å². The summed E-state index contributed by atoms with van der Waals surface area (Å²) in [6.07, 6.45) is 0. The summed E-state index contributed by atoms with van der Waals surface area (Å²) in [7, 11) is 3.24. The number of nitrogens with one attached hydrogen (secondary N) is 1. The Kier molecular flexibility index (Phi) is 4.68. The first-order valence-electron chi connectivity index (χ1n) is 6.79. The zero-order valence-electron chi connectivity index (χ0n) is 12.7. The molecule has 0 radical (unpaired) electrons. The van der Waals surface area contributed by atoms with Gasteiger partial charge in [-0.1, -0.05) is 6.07 Å². The summed E-state index contributed by atoms with van der Waals surface area (Å²) in [5.41, 5.74) is 2.76. The minimum atomic E-state index is -0.253. The van der Waals surface area contributed by atoms with Gasteiger partial charge >= 0.3 is 0 Å². The Hall–Kier alpha value is -2.23. The topological polar surface area (TPSA) is 30.5 Å². The van der Waals surface area contributed by atoms with E-state index in [-0.39, 0.29) is 11.9 Å². The van der Waals surface area contributed by atoms with Crippen LogP contribution in [0.5, 0.6) is 11.5 Å². The van der Waals surface area contributed by atoms with Crippen LogP contribution < -0.4 is 14.8 Å². The predicted molar refractivity (Wildman–Crippen MR) is 82.7 cm³/mol. The highest BCUT2D eigenvalue weighted by molar-refractivity contribution is 5.54. The Morgan fingerprint density at radius 1 is 1.05 bits per heavy atom. The maximum absolute atomic E-state index is 13.4. The molecule has 0 aliphatic rings. The van der Waals surface area contributed by atoms with Gasteiger partial charge < -0.3 is 14.8 Å². The van der Waals surface area contributed by atoms with E-state index < -0.39 is 0 Å². The van der Waals surface area contributed by atoms with Crippen LogP contribution in [0, 0.1) is 12.7 Å². The number of aryl methyl sites for hydroxylation is 1. The minimum Gasteiger partial charge on any atom is -0.497 e. The maximum atomic E-state index is 13.4. The minimum absolute atomic E-state index is 0.0219. The predicted octanol–water partition coefficient (Wildman–Crippen LogP) is 4.32. The summed E-state index contributed by atoms with van der Waals surface area (Å²) >= 11 is 0. The Morgan fingerprint density at radius 2 is 1.81 bits per heavy atom. The van der Waals surface area contributed by atoms with Crippen LogP contribution in [0.15, 0.2) is 36.4 Å². The van der Waals surface area contributed by atoms with Gasteiger partial charge in [0.25, 0.3) is 0 Å². The second-order valence-electron chi connectivity index (χ2n) is 4.93. The van der Waals surface area contributed by atoms with E-state index in [0.29, 0.717) is 0 Å². The Labute approximate surface area is 124 Å². The van der Waals surface area contributed by atoms with E-state index >= 15 is 0 Å². The smallest absolute Gasteiger partial charge is 0.127 e. The molecule has 4 heteroatoms. The van der Waals surface area contributed by atoms with E-state index in [2.05, 4.69) is 5.32 Å². The van der Waals surface area contributed by atoms with E-state index in [9.17, 15) is 4.39 Å². The molecule has 1 N–H and O–H groups in total. The van der Waals surface area contributed by atoms with Gasteiger partial charge in [-0.2, -0.15) is 0 Å². The lowest BCUT2D eigenvalue weighted by atomic mass is 10.1. The fraction of sp³-hybridized carbons (Fsp3) is 0.294. The van der Waals surface area contributed by atoms with Crippen molar-refractivity contribution in [3.05, 3.63) is 53.3 Å². The molecule has 0 aliphatic heterocycles. The standard InChI is InChI=1S/C17H20FNO2/c1-11-5-6-13(18)9-16(11)19-12(2)15-8-7-14(20-3)10-17(15)21-4/h5-10,12,19H,1-4H3. The lowest BCUT2D eigenvalue weighted by molar-refractivity contribution is 0.390. The van der Waals surface area contributed by atoms with Crippen molar-refractivity contribution in [1.29, 1.82) is 0 Å². The summed E-state index contributed by atoms with van der Waals surface area (Å²) in [6.45, 7) is 3.95. The molecule has 2 aromatic rings. The summed E-state index contributed by atoms with van der Waals surface area (Å²) in [5.74, 6) is 1.23. The van der Waals surface area contributed by atoms with E-state index in [0.717, 1.165) is 28.3 Å². The molecule has 0 aromatic heterocycles. The van der Waals surface area contributed by atoms with Gasteiger partial charge in [0.2, 0.25) is 0 Å². The molecule has 2 aromatic carbocycles. The highest BCUT2D eigenvalue weighted by atomic mass is 19.1. The molecule has 0 saturated heterocycles. The van der Waals surface area contributed by atoms with Gasteiger partial charge in [0.05, 0.1) is 20.3 Å². The molecule has 0 heterocycles. The first-order valence-corrected chi connectivity index (χ1v) is 6.79. The number of halogens is 1. The fourth-order valence-electron chi connectivity index (χ4n) is 2.24. The van der Waals surface area contributed by atoms with Crippen LogP contribution in [0.25, 0.3) is 0 Å². The molecule has 21 heavy (non-hydrogen) atoms. The number of methoxy groups -OCH3 is 2. The third-order valence-corrected chi connectivity index (χ3v) is 3.48. The molecule has 0 bridgehead atoms. The lowest BCUT2D eigenvalue weighted by Crippen LogP contribution is -2.09. The van der Waals surface area contributed by atoms with Gasteiger partial charge in [0.1, 0.15) is 17.3 Å². The summed E-state index contributed by atoms with van der Waals surface area (Å²) in [5, 5.41) is 3.32. The molecular formula is C17H20FNO2. The zero-order chi connectivity index (χ0) is 15.4. The lowest BCUT2D eigenvalue weighted by Gasteiger charge is -2.20. The van der Waals surface area contributed by atoms with Crippen molar-refractivity contribution in [3.63, 3.8) is 0 Å².